The third kappa shape index (κ3) is 2.03. The number of aromatic hydroxyl groups is 2. The Hall–Kier alpha value is -1.70. The second-order valence-electron chi connectivity index (χ2n) is 4.70. The van der Waals surface area contributed by atoms with Gasteiger partial charge in [0.25, 0.3) is 0 Å². The van der Waals surface area contributed by atoms with Crippen molar-refractivity contribution in [2.75, 3.05) is 0 Å². The maximum atomic E-state index is 10.2. The molecule has 0 aliphatic rings. The zero-order valence-corrected chi connectivity index (χ0v) is 11.0. The summed E-state index contributed by atoms with van der Waals surface area (Å²) in [6, 6.07) is 8.01. The Balaban J connectivity index is 2.79. The lowest BCUT2D eigenvalue weighted by atomic mass is 9.93. The maximum absolute atomic E-state index is 10.2. The van der Waals surface area contributed by atoms with Crippen LogP contribution in [0.25, 0.3) is 10.8 Å². The molecule has 0 bridgehead atoms. The number of hydrogen-bond donors (Lipinski definition) is 2. The first-order valence-electron chi connectivity index (χ1n) is 6.65. The molecule has 0 fully saturated rings. The van der Waals surface area contributed by atoms with E-state index in [4.69, 9.17) is 0 Å². The van der Waals surface area contributed by atoms with Crippen molar-refractivity contribution >= 4 is 10.8 Å². The molecule has 0 radical (unpaired) electrons. The maximum Gasteiger partial charge on any atom is 0.161 e. The first-order valence-corrected chi connectivity index (χ1v) is 6.65. The van der Waals surface area contributed by atoms with Gasteiger partial charge in [-0.15, -0.1) is 0 Å². The standard InChI is InChI=1S/C16H20O2/c1-3-7-13-11-9-5-6-10-12(11)14(8-4-2)16(18)15(13)17/h5-6,9-10,17-18H,3-4,7-8H2,1-2H3. The number of rotatable bonds is 4. The second kappa shape index (κ2) is 5.30. The van der Waals surface area contributed by atoms with E-state index < -0.39 is 0 Å². The van der Waals surface area contributed by atoms with Crippen LogP contribution in [0.1, 0.15) is 37.8 Å². The minimum absolute atomic E-state index is 0.0685. The van der Waals surface area contributed by atoms with Crippen molar-refractivity contribution in [2.24, 2.45) is 0 Å². The van der Waals surface area contributed by atoms with E-state index in [0.29, 0.717) is 0 Å². The van der Waals surface area contributed by atoms with Crippen molar-refractivity contribution in [3.05, 3.63) is 35.4 Å². The molecule has 0 saturated heterocycles. The Morgan fingerprint density at radius 1 is 0.778 bits per heavy atom. The first-order chi connectivity index (χ1) is 8.70. The summed E-state index contributed by atoms with van der Waals surface area (Å²) in [7, 11) is 0. The van der Waals surface area contributed by atoms with E-state index in [9.17, 15) is 10.2 Å². The van der Waals surface area contributed by atoms with Crippen LogP contribution in [0.4, 0.5) is 0 Å². The molecule has 0 aromatic heterocycles. The van der Waals surface area contributed by atoms with Gasteiger partial charge in [0, 0.05) is 11.1 Å². The van der Waals surface area contributed by atoms with Gasteiger partial charge >= 0.3 is 0 Å². The number of fused-ring (bicyclic) bond motifs is 1. The predicted octanol–water partition coefficient (Wildman–Crippen LogP) is 4.16. The molecule has 2 nitrogen and oxygen atoms in total. The van der Waals surface area contributed by atoms with Gasteiger partial charge in [0.15, 0.2) is 11.5 Å². The van der Waals surface area contributed by atoms with E-state index in [1.54, 1.807) is 0 Å². The highest BCUT2D eigenvalue weighted by Crippen LogP contribution is 2.41. The van der Waals surface area contributed by atoms with Gasteiger partial charge in [-0.1, -0.05) is 51.0 Å². The van der Waals surface area contributed by atoms with Crippen molar-refractivity contribution in [2.45, 2.75) is 39.5 Å². The van der Waals surface area contributed by atoms with Crippen molar-refractivity contribution in [1.82, 2.24) is 0 Å². The molecule has 0 saturated carbocycles. The SMILES string of the molecule is CCCc1c(O)c(O)c(CCC)c2ccccc12. The zero-order chi connectivity index (χ0) is 13.1. The minimum atomic E-state index is 0.0685. The molecular formula is C16H20O2. The van der Waals surface area contributed by atoms with Crippen LogP contribution in [-0.2, 0) is 12.8 Å². The Labute approximate surface area is 108 Å². The predicted molar refractivity (Wildman–Crippen MR) is 75.3 cm³/mol. The van der Waals surface area contributed by atoms with E-state index in [2.05, 4.69) is 13.8 Å². The molecule has 0 spiro atoms. The van der Waals surface area contributed by atoms with Crippen molar-refractivity contribution in [3.8, 4) is 11.5 Å². The molecule has 0 atom stereocenters. The van der Waals surface area contributed by atoms with Gasteiger partial charge in [-0.3, -0.25) is 0 Å². The van der Waals surface area contributed by atoms with Crippen LogP contribution in [0, 0.1) is 0 Å². The van der Waals surface area contributed by atoms with Crippen LogP contribution in [0.2, 0.25) is 0 Å². The van der Waals surface area contributed by atoms with Crippen LogP contribution in [-0.4, -0.2) is 10.2 Å². The second-order valence-corrected chi connectivity index (χ2v) is 4.70. The van der Waals surface area contributed by atoms with E-state index in [0.717, 1.165) is 47.6 Å². The highest BCUT2D eigenvalue weighted by atomic mass is 16.3. The van der Waals surface area contributed by atoms with Gasteiger partial charge in [0.1, 0.15) is 0 Å². The lowest BCUT2D eigenvalue weighted by molar-refractivity contribution is 0.396. The lowest BCUT2D eigenvalue weighted by Gasteiger charge is -2.15. The highest BCUT2D eigenvalue weighted by Gasteiger charge is 2.16. The van der Waals surface area contributed by atoms with E-state index >= 15 is 0 Å². The smallest absolute Gasteiger partial charge is 0.161 e. The third-order valence-corrected chi connectivity index (χ3v) is 3.37. The van der Waals surface area contributed by atoms with Crippen LogP contribution in [0.15, 0.2) is 24.3 Å². The summed E-state index contributed by atoms with van der Waals surface area (Å²) in [5.74, 6) is 0.137. The van der Waals surface area contributed by atoms with Crippen LogP contribution < -0.4 is 0 Å². The van der Waals surface area contributed by atoms with Gasteiger partial charge in [-0.05, 0) is 23.6 Å². The topological polar surface area (TPSA) is 40.5 Å². The molecular weight excluding hydrogens is 224 g/mol. The highest BCUT2D eigenvalue weighted by molar-refractivity contribution is 5.93. The average molecular weight is 244 g/mol. The van der Waals surface area contributed by atoms with Crippen LogP contribution in [0.5, 0.6) is 11.5 Å². The molecule has 2 N–H and O–H groups in total. The minimum Gasteiger partial charge on any atom is -0.504 e. The quantitative estimate of drug-likeness (QED) is 0.793. The lowest BCUT2D eigenvalue weighted by Crippen LogP contribution is -1.94. The Morgan fingerprint density at radius 2 is 1.17 bits per heavy atom. The van der Waals surface area contributed by atoms with Crippen molar-refractivity contribution in [1.29, 1.82) is 0 Å². The summed E-state index contributed by atoms with van der Waals surface area (Å²) >= 11 is 0. The summed E-state index contributed by atoms with van der Waals surface area (Å²) in [6.07, 6.45) is 3.47. The fraction of sp³-hybridized carbons (Fsp3) is 0.375. The zero-order valence-electron chi connectivity index (χ0n) is 11.0. The number of phenolic OH excluding ortho intramolecular Hbond substituents is 2. The van der Waals surface area contributed by atoms with E-state index in [1.807, 2.05) is 24.3 Å². The molecule has 0 aliphatic carbocycles. The summed E-state index contributed by atoms with van der Waals surface area (Å²) in [5, 5.41) is 22.5. The Morgan fingerprint density at radius 3 is 1.50 bits per heavy atom. The monoisotopic (exact) mass is 244 g/mol. The summed E-state index contributed by atoms with van der Waals surface area (Å²) in [6.45, 7) is 4.15. The number of phenols is 2. The van der Waals surface area contributed by atoms with Gasteiger partial charge in [-0.2, -0.15) is 0 Å². The number of hydrogen-bond acceptors (Lipinski definition) is 2. The largest absolute Gasteiger partial charge is 0.504 e. The fourth-order valence-corrected chi connectivity index (χ4v) is 2.56. The Kier molecular flexibility index (Phi) is 3.75. The third-order valence-electron chi connectivity index (χ3n) is 3.37. The summed E-state index contributed by atoms with van der Waals surface area (Å²) in [5.41, 5.74) is 1.73. The molecule has 2 rings (SSSR count). The molecule has 96 valence electrons. The molecule has 2 aromatic carbocycles. The van der Waals surface area contributed by atoms with Gasteiger partial charge in [-0.25, -0.2) is 0 Å². The summed E-state index contributed by atoms with van der Waals surface area (Å²) in [4.78, 5) is 0. The molecule has 0 heterocycles. The first kappa shape index (κ1) is 12.7. The van der Waals surface area contributed by atoms with Crippen LogP contribution in [0.3, 0.4) is 0 Å². The van der Waals surface area contributed by atoms with Crippen LogP contribution >= 0.6 is 0 Å². The molecule has 0 amide bonds. The molecule has 0 aliphatic heterocycles. The normalized spacial score (nSPS) is 11.0. The molecule has 2 heteroatoms. The van der Waals surface area contributed by atoms with E-state index in [1.165, 1.54) is 0 Å². The molecule has 18 heavy (non-hydrogen) atoms. The Bertz CT molecular complexity index is 508. The number of aryl methyl sites for hydroxylation is 2. The van der Waals surface area contributed by atoms with Crippen molar-refractivity contribution in [3.63, 3.8) is 0 Å². The van der Waals surface area contributed by atoms with Gasteiger partial charge < -0.3 is 10.2 Å². The van der Waals surface area contributed by atoms with Crippen molar-refractivity contribution < 1.29 is 10.2 Å². The van der Waals surface area contributed by atoms with E-state index in [-0.39, 0.29) is 11.5 Å². The average Bonchev–Trinajstić information content (AvgIpc) is 2.40. The summed E-state index contributed by atoms with van der Waals surface area (Å²) < 4.78 is 0. The fourth-order valence-electron chi connectivity index (χ4n) is 2.56. The molecule has 2 aromatic rings. The number of benzene rings is 2. The molecule has 0 unspecified atom stereocenters. The van der Waals surface area contributed by atoms with Gasteiger partial charge in [0.05, 0.1) is 0 Å². The van der Waals surface area contributed by atoms with Gasteiger partial charge in [0.2, 0.25) is 0 Å².